The summed E-state index contributed by atoms with van der Waals surface area (Å²) >= 11 is 0. The van der Waals surface area contributed by atoms with Crippen LogP contribution in [0.15, 0.2) is 23.0 Å². The Hall–Kier alpha value is -3.88. The molecular formula is C30H36F3N5O4. The molecule has 226 valence electrons. The number of halogens is 3. The Morgan fingerprint density at radius 2 is 1.74 bits per heavy atom. The Labute approximate surface area is 241 Å². The predicted octanol–water partition coefficient (Wildman–Crippen LogP) is 3.27. The first-order valence-corrected chi connectivity index (χ1v) is 13.8. The van der Waals surface area contributed by atoms with E-state index in [0.717, 1.165) is 16.5 Å². The normalized spacial score (nSPS) is 22.6. The van der Waals surface area contributed by atoms with Crippen LogP contribution in [-0.2, 0) is 20.8 Å². The second-order valence-corrected chi connectivity index (χ2v) is 13.2. The number of pyridine rings is 1. The third-order valence-electron chi connectivity index (χ3n) is 8.84. The lowest BCUT2D eigenvalue weighted by molar-refractivity contribution is -0.176. The maximum Gasteiger partial charge on any atom is 0.471 e. The largest absolute Gasteiger partial charge is 0.471 e. The van der Waals surface area contributed by atoms with Crippen LogP contribution in [0.1, 0.15) is 51.3 Å². The number of benzene rings is 1. The minimum Gasteiger partial charge on any atom is -0.338 e. The third kappa shape index (κ3) is 5.74. The highest BCUT2D eigenvalue weighted by atomic mass is 19.4. The first kappa shape index (κ1) is 31.1. The number of hydrogen-bond donors (Lipinski definition) is 3. The molecule has 0 spiro atoms. The fourth-order valence-electron chi connectivity index (χ4n) is 6.12. The van der Waals surface area contributed by atoms with Gasteiger partial charge in [0.2, 0.25) is 11.8 Å². The van der Waals surface area contributed by atoms with Gasteiger partial charge in [0.15, 0.2) is 0 Å². The summed E-state index contributed by atoms with van der Waals surface area (Å²) in [6.45, 7) is 12.5. The van der Waals surface area contributed by atoms with Crippen LogP contribution in [0.4, 0.5) is 13.2 Å². The van der Waals surface area contributed by atoms with Gasteiger partial charge in [-0.3, -0.25) is 19.2 Å². The molecule has 2 heterocycles. The van der Waals surface area contributed by atoms with Crippen LogP contribution in [0, 0.1) is 47.8 Å². The number of fused-ring (bicyclic) bond motifs is 2. The topological polar surface area (TPSA) is 135 Å². The molecule has 2 fully saturated rings. The molecule has 3 amide bonds. The van der Waals surface area contributed by atoms with Crippen molar-refractivity contribution >= 4 is 28.6 Å². The van der Waals surface area contributed by atoms with Crippen molar-refractivity contribution in [2.45, 2.75) is 79.2 Å². The minimum atomic E-state index is -5.19. The Kier molecular flexibility index (Phi) is 7.72. The van der Waals surface area contributed by atoms with Gasteiger partial charge in [-0.1, -0.05) is 34.6 Å². The number of aryl methyl sites for hydroxylation is 2. The molecule has 42 heavy (non-hydrogen) atoms. The Balaban J connectivity index is 1.58. The maximum atomic E-state index is 13.7. The van der Waals surface area contributed by atoms with Gasteiger partial charge in [-0.05, 0) is 71.2 Å². The van der Waals surface area contributed by atoms with Crippen molar-refractivity contribution in [1.29, 1.82) is 5.26 Å². The molecule has 1 aliphatic heterocycles. The third-order valence-corrected chi connectivity index (χ3v) is 8.84. The number of hydrogen-bond acceptors (Lipinski definition) is 5. The zero-order valence-corrected chi connectivity index (χ0v) is 24.7. The van der Waals surface area contributed by atoms with E-state index >= 15 is 0 Å². The van der Waals surface area contributed by atoms with Crippen molar-refractivity contribution in [3.63, 3.8) is 0 Å². The van der Waals surface area contributed by atoms with Crippen LogP contribution >= 0.6 is 0 Å². The maximum absolute atomic E-state index is 13.7. The SMILES string of the molecule is Cc1cc2cc(C[C@@H](C#N)NC(=O)[C@@H]3[C@@H]4[C@H](CN3C(=O)[C@@H](NC(=O)C(F)(F)F)C(C)(C)C)C4(C)C)c(=O)[nH]c2cc1C. The van der Waals surface area contributed by atoms with Gasteiger partial charge in [0.25, 0.3) is 5.56 Å². The van der Waals surface area contributed by atoms with Gasteiger partial charge in [0.1, 0.15) is 18.1 Å². The molecule has 0 bridgehead atoms. The predicted molar refractivity (Wildman–Crippen MR) is 149 cm³/mol. The standard InChI is InChI=1S/C30H36F3N5O4/c1-14-8-16-10-17(24(39)36-20(16)9-15(14)2)11-18(12-34)35-25(40)22-21-19(29(21,6)7)13-38(22)26(41)23(28(3,4)5)37-27(42)30(31,32)33/h8-10,18-19,21-23H,11,13H2,1-7H3,(H,35,40)(H,36,39)(H,37,42)/t18-,19-,21-,22-,23+/m0/s1. The van der Waals surface area contributed by atoms with Gasteiger partial charge in [-0.25, -0.2) is 0 Å². The van der Waals surface area contributed by atoms with Crippen LogP contribution in [0.2, 0.25) is 0 Å². The van der Waals surface area contributed by atoms with E-state index in [1.54, 1.807) is 6.07 Å². The number of carbonyl (C=O) groups excluding carboxylic acids is 3. The van der Waals surface area contributed by atoms with Crippen LogP contribution in [0.3, 0.4) is 0 Å². The number of aromatic nitrogens is 1. The average molecular weight is 588 g/mol. The molecule has 9 nitrogen and oxygen atoms in total. The Bertz CT molecular complexity index is 1550. The van der Waals surface area contributed by atoms with E-state index < -0.39 is 53.0 Å². The summed E-state index contributed by atoms with van der Waals surface area (Å²) in [6, 6.07) is 3.77. The summed E-state index contributed by atoms with van der Waals surface area (Å²) in [5.41, 5.74) is 1.19. The van der Waals surface area contributed by atoms with Crippen molar-refractivity contribution in [3.05, 3.63) is 45.2 Å². The van der Waals surface area contributed by atoms with Crippen molar-refractivity contribution in [1.82, 2.24) is 20.5 Å². The van der Waals surface area contributed by atoms with E-state index in [4.69, 9.17) is 0 Å². The molecular weight excluding hydrogens is 551 g/mol. The smallest absolute Gasteiger partial charge is 0.338 e. The fourth-order valence-corrected chi connectivity index (χ4v) is 6.12. The van der Waals surface area contributed by atoms with Crippen molar-refractivity contribution in [2.75, 3.05) is 6.54 Å². The fraction of sp³-hybridized carbons (Fsp3) is 0.567. The number of nitriles is 1. The van der Waals surface area contributed by atoms with Gasteiger partial charge in [0, 0.05) is 24.0 Å². The molecule has 1 aromatic carbocycles. The number of alkyl halides is 3. The molecule has 1 saturated heterocycles. The highest BCUT2D eigenvalue weighted by Gasteiger charge is 2.70. The first-order valence-electron chi connectivity index (χ1n) is 13.8. The highest BCUT2D eigenvalue weighted by Crippen LogP contribution is 2.65. The Morgan fingerprint density at radius 1 is 1.12 bits per heavy atom. The first-order chi connectivity index (χ1) is 19.3. The molecule has 5 atom stereocenters. The summed E-state index contributed by atoms with van der Waals surface area (Å²) in [7, 11) is 0. The van der Waals surface area contributed by atoms with Gasteiger partial charge < -0.3 is 20.5 Å². The summed E-state index contributed by atoms with van der Waals surface area (Å²) in [6.07, 6.45) is -5.28. The zero-order valence-electron chi connectivity index (χ0n) is 24.7. The Morgan fingerprint density at radius 3 is 2.31 bits per heavy atom. The van der Waals surface area contributed by atoms with E-state index in [0.29, 0.717) is 11.1 Å². The van der Waals surface area contributed by atoms with Crippen molar-refractivity contribution < 1.29 is 27.6 Å². The zero-order chi connectivity index (χ0) is 31.5. The number of H-pyrrole nitrogens is 1. The number of nitrogens with zero attached hydrogens (tertiary/aromatic N) is 2. The van der Waals surface area contributed by atoms with E-state index in [2.05, 4.69) is 10.3 Å². The van der Waals surface area contributed by atoms with Gasteiger partial charge in [-0.2, -0.15) is 18.4 Å². The average Bonchev–Trinajstić information content (AvgIpc) is 3.20. The van der Waals surface area contributed by atoms with Crippen LogP contribution in [-0.4, -0.2) is 58.5 Å². The summed E-state index contributed by atoms with van der Waals surface area (Å²) in [5, 5.41) is 15.1. The second-order valence-electron chi connectivity index (χ2n) is 13.2. The lowest BCUT2D eigenvalue weighted by Gasteiger charge is -2.37. The monoisotopic (exact) mass is 587 g/mol. The molecule has 3 N–H and O–H groups in total. The molecule has 1 aromatic heterocycles. The number of amides is 3. The number of nitrogens with one attached hydrogen (secondary N) is 3. The van der Waals surface area contributed by atoms with Gasteiger partial charge >= 0.3 is 12.1 Å². The molecule has 1 aliphatic carbocycles. The molecule has 2 aromatic rings. The highest BCUT2D eigenvalue weighted by molar-refractivity contribution is 5.95. The number of carbonyl (C=O) groups is 3. The van der Waals surface area contributed by atoms with Crippen LogP contribution < -0.4 is 16.2 Å². The quantitative estimate of drug-likeness (QED) is 0.477. The molecule has 0 unspecified atom stereocenters. The molecule has 1 saturated carbocycles. The number of piperidine rings is 1. The molecule has 12 heteroatoms. The van der Waals surface area contributed by atoms with Crippen LogP contribution in [0.25, 0.3) is 10.9 Å². The van der Waals surface area contributed by atoms with Gasteiger partial charge in [-0.15, -0.1) is 0 Å². The van der Waals surface area contributed by atoms with Crippen LogP contribution in [0.5, 0.6) is 0 Å². The second kappa shape index (κ2) is 10.4. The number of likely N-dealkylation sites (tertiary alicyclic amines) is 1. The number of rotatable bonds is 6. The van der Waals surface area contributed by atoms with E-state index in [9.17, 15) is 37.6 Å². The minimum absolute atomic E-state index is 0.0771. The summed E-state index contributed by atoms with van der Waals surface area (Å²) < 4.78 is 39.2. The van der Waals surface area contributed by atoms with E-state index in [1.807, 2.05) is 51.2 Å². The summed E-state index contributed by atoms with van der Waals surface area (Å²) in [4.78, 5) is 56.0. The van der Waals surface area contributed by atoms with E-state index in [1.165, 1.54) is 25.7 Å². The van der Waals surface area contributed by atoms with E-state index in [-0.39, 0.29) is 30.2 Å². The van der Waals surface area contributed by atoms with Gasteiger partial charge in [0.05, 0.1) is 6.07 Å². The number of aromatic amines is 1. The summed E-state index contributed by atoms with van der Waals surface area (Å²) in [5.74, 6) is -4.03. The lowest BCUT2D eigenvalue weighted by atomic mass is 9.85. The van der Waals surface area contributed by atoms with Crippen molar-refractivity contribution in [3.8, 4) is 6.07 Å². The molecule has 4 rings (SSSR count). The molecule has 2 aliphatic rings. The molecule has 0 radical (unpaired) electrons. The lowest BCUT2D eigenvalue weighted by Crippen LogP contribution is -2.61. The van der Waals surface area contributed by atoms with Crippen molar-refractivity contribution in [2.24, 2.45) is 22.7 Å².